The summed E-state index contributed by atoms with van der Waals surface area (Å²) in [5, 5.41) is 13.7. The molecule has 0 saturated heterocycles. The van der Waals surface area contributed by atoms with Crippen LogP contribution < -0.4 is 0 Å². The zero-order valence-electron chi connectivity index (χ0n) is 11.0. The Morgan fingerprint density at radius 3 is 2.70 bits per heavy atom. The minimum absolute atomic E-state index is 0.0464. The molecular formula is C13H13BrClN3O2. The van der Waals surface area contributed by atoms with E-state index < -0.39 is 5.97 Å². The van der Waals surface area contributed by atoms with Gasteiger partial charge in [-0.3, -0.25) is 0 Å². The summed E-state index contributed by atoms with van der Waals surface area (Å²) in [5.74, 6) is -0.310. The third-order valence-corrected chi connectivity index (χ3v) is 3.46. The second-order valence-electron chi connectivity index (χ2n) is 4.76. The molecular weight excluding hydrogens is 346 g/mol. The van der Waals surface area contributed by atoms with Gasteiger partial charge in [-0.05, 0) is 40.4 Å². The summed E-state index contributed by atoms with van der Waals surface area (Å²) in [6.07, 6.45) is 2.15. The normalized spacial score (nSPS) is 11.1. The molecule has 0 spiro atoms. The lowest BCUT2D eigenvalue weighted by Gasteiger charge is -2.02. The molecule has 2 rings (SSSR count). The van der Waals surface area contributed by atoms with Gasteiger partial charge in [0, 0.05) is 10.7 Å². The van der Waals surface area contributed by atoms with E-state index in [-0.39, 0.29) is 16.6 Å². The van der Waals surface area contributed by atoms with E-state index in [9.17, 15) is 9.90 Å². The second-order valence-corrected chi connectivity index (χ2v) is 6.04. The summed E-state index contributed by atoms with van der Waals surface area (Å²) in [7, 11) is 0. The highest BCUT2D eigenvalue weighted by Gasteiger charge is 2.23. The molecule has 0 radical (unpaired) electrons. The molecule has 106 valence electrons. The highest BCUT2D eigenvalue weighted by Crippen LogP contribution is 2.25. The SMILES string of the molecule is CC(C)Cc1nn(-c2ccc(Br)cn2)c(Cl)c1C(=O)O. The van der Waals surface area contributed by atoms with Crippen LogP contribution in [0, 0.1) is 5.92 Å². The van der Waals surface area contributed by atoms with Gasteiger partial charge in [0.2, 0.25) is 0 Å². The van der Waals surface area contributed by atoms with E-state index in [0.717, 1.165) is 4.47 Å². The van der Waals surface area contributed by atoms with Crippen LogP contribution in [-0.2, 0) is 6.42 Å². The van der Waals surface area contributed by atoms with E-state index in [1.54, 1.807) is 18.3 Å². The quantitative estimate of drug-likeness (QED) is 0.907. The van der Waals surface area contributed by atoms with Crippen LogP contribution in [0.2, 0.25) is 5.15 Å². The Morgan fingerprint density at radius 2 is 2.20 bits per heavy atom. The number of carboxylic acid groups (broad SMARTS) is 1. The van der Waals surface area contributed by atoms with Gasteiger partial charge in [0.25, 0.3) is 0 Å². The summed E-state index contributed by atoms with van der Waals surface area (Å²) in [6.45, 7) is 3.99. The van der Waals surface area contributed by atoms with Crippen LogP contribution in [0.5, 0.6) is 0 Å². The average Bonchev–Trinajstić information content (AvgIpc) is 2.66. The molecule has 0 amide bonds. The summed E-state index contributed by atoms with van der Waals surface area (Å²) in [4.78, 5) is 15.5. The molecule has 2 heterocycles. The third-order valence-electron chi connectivity index (χ3n) is 2.65. The lowest BCUT2D eigenvalue weighted by atomic mass is 10.1. The Morgan fingerprint density at radius 1 is 1.50 bits per heavy atom. The van der Waals surface area contributed by atoms with E-state index in [4.69, 9.17) is 11.6 Å². The number of aromatic nitrogens is 3. The molecule has 0 bridgehead atoms. The van der Waals surface area contributed by atoms with Gasteiger partial charge in [0.1, 0.15) is 10.7 Å². The van der Waals surface area contributed by atoms with Gasteiger partial charge >= 0.3 is 5.97 Å². The predicted octanol–water partition coefficient (Wildman–Crippen LogP) is 3.58. The summed E-state index contributed by atoms with van der Waals surface area (Å²) >= 11 is 9.44. The maximum atomic E-state index is 11.4. The van der Waals surface area contributed by atoms with E-state index in [2.05, 4.69) is 26.0 Å². The molecule has 5 nitrogen and oxygen atoms in total. The Labute approximate surface area is 129 Å². The van der Waals surface area contributed by atoms with E-state index >= 15 is 0 Å². The van der Waals surface area contributed by atoms with Gasteiger partial charge in [-0.2, -0.15) is 5.10 Å². The standard InChI is InChI=1S/C13H13BrClN3O2/c1-7(2)5-9-11(13(19)20)12(15)18(17-9)10-4-3-8(14)6-16-10/h3-4,6-7H,5H2,1-2H3,(H,19,20). The highest BCUT2D eigenvalue weighted by molar-refractivity contribution is 9.10. The van der Waals surface area contributed by atoms with Gasteiger partial charge in [-0.1, -0.05) is 25.4 Å². The van der Waals surface area contributed by atoms with Gasteiger partial charge in [0.05, 0.1) is 5.69 Å². The fraction of sp³-hybridized carbons (Fsp3) is 0.308. The van der Waals surface area contributed by atoms with Gasteiger partial charge in [-0.25, -0.2) is 14.5 Å². The molecule has 0 atom stereocenters. The van der Waals surface area contributed by atoms with E-state index in [1.807, 2.05) is 13.8 Å². The molecule has 0 fully saturated rings. The molecule has 0 aliphatic rings. The first-order chi connectivity index (χ1) is 9.40. The molecule has 2 aromatic rings. The van der Waals surface area contributed by atoms with Gasteiger partial charge in [-0.15, -0.1) is 0 Å². The zero-order valence-corrected chi connectivity index (χ0v) is 13.3. The Hall–Kier alpha value is -1.40. The Bertz CT molecular complexity index is 638. The largest absolute Gasteiger partial charge is 0.478 e. The van der Waals surface area contributed by atoms with Crippen LogP contribution in [-0.4, -0.2) is 25.8 Å². The number of carbonyl (C=O) groups is 1. The van der Waals surface area contributed by atoms with Crippen LogP contribution in [0.4, 0.5) is 0 Å². The van der Waals surface area contributed by atoms with Gasteiger partial charge < -0.3 is 5.11 Å². The zero-order chi connectivity index (χ0) is 14.9. The number of hydrogen-bond acceptors (Lipinski definition) is 3. The summed E-state index contributed by atoms with van der Waals surface area (Å²) < 4.78 is 2.18. The van der Waals surface area contributed by atoms with Crippen molar-refractivity contribution in [2.45, 2.75) is 20.3 Å². The molecule has 0 aromatic carbocycles. The maximum Gasteiger partial charge on any atom is 0.340 e. The molecule has 7 heteroatoms. The van der Waals surface area contributed by atoms with Crippen LogP contribution in [0.15, 0.2) is 22.8 Å². The topological polar surface area (TPSA) is 68.0 Å². The molecule has 0 unspecified atom stereocenters. The average molecular weight is 359 g/mol. The highest BCUT2D eigenvalue weighted by atomic mass is 79.9. The van der Waals surface area contributed by atoms with Crippen molar-refractivity contribution in [3.8, 4) is 5.82 Å². The van der Waals surface area contributed by atoms with Crippen LogP contribution in [0.25, 0.3) is 5.82 Å². The number of carboxylic acids is 1. The molecule has 1 N–H and O–H groups in total. The lowest BCUT2D eigenvalue weighted by molar-refractivity contribution is 0.0696. The maximum absolute atomic E-state index is 11.4. The van der Waals surface area contributed by atoms with Crippen LogP contribution in [0.3, 0.4) is 0 Å². The van der Waals surface area contributed by atoms with Crippen molar-refractivity contribution in [1.82, 2.24) is 14.8 Å². The number of aromatic carboxylic acids is 1. The smallest absolute Gasteiger partial charge is 0.340 e. The third kappa shape index (κ3) is 3.02. The number of pyridine rings is 1. The first-order valence-electron chi connectivity index (χ1n) is 6.02. The fourth-order valence-electron chi connectivity index (χ4n) is 1.83. The molecule has 0 aliphatic carbocycles. The van der Waals surface area contributed by atoms with Crippen molar-refractivity contribution in [3.05, 3.63) is 39.2 Å². The second kappa shape index (κ2) is 5.93. The van der Waals surface area contributed by atoms with Crippen LogP contribution >= 0.6 is 27.5 Å². The first-order valence-corrected chi connectivity index (χ1v) is 7.20. The van der Waals surface area contributed by atoms with Crippen molar-refractivity contribution in [3.63, 3.8) is 0 Å². The number of hydrogen-bond donors (Lipinski definition) is 1. The minimum Gasteiger partial charge on any atom is -0.478 e. The van der Waals surface area contributed by atoms with Crippen molar-refractivity contribution in [2.75, 3.05) is 0 Å². The minimum atomic E-state index is -1.07. The van der Waals surface area contributed by atoms with Crippen molar-refractivity contribution >= 4 is 33.5 Å². The predicted molar refractivity (Wildman–Crippen MR) is 79.6 cm³/mol. The van der Waals surface area contributed by atoms with E-state index in [1.165, 1.54) is 4.68 Å². The van der Waals surface area contributed by atoms with E-state index in [0.29, 0.717) is 17.9 Å². The van der Waals surface area contributed by atoms with Crippen molar-refractivity contribution in [2.24, 2.45) is 5.92 Å². The Kier molecular flexibility index (Phi) is 4.45. The van der Waals surface area contributed by atoms with Crippen molar-refractivity contribution in [1.29, 1.82) is 0 Å². The summed E-state index contributed by atoms with van der Waals surface area (Å²) in [5.41, 5.74) is 0.521. The number of nitrogens with zero attached hydrogens (tertiary/aromatic N) is 3. The van der Waals surface area contributed by atoms with Crippen LogP contribution in [0.1, 0.15) is 29.9 Å². The Balaban J connectivity index is 2.54. The molecule has 0 saturated carbocycles. The van der Waals surface area contributed by atoms with Crippen molar-refractivity contribution < 1.29 is 9.90 Å². The van der Waals surface area contributed by atoms with Gasteiger partial charge in [0.15, 0.2) is 5.82 Å². The fourth-order valence-corrected chi connectivity index (χ4v) is 2.37. The molecule has 20 heavy (non-hydrogen) atoms. The monoisotopic (exact) mass is 357 g/mol. The number of halogens is 2. The lowest BCUT2D eigenvalue weighted by Crippen LogP contribution is -2.03. The molecule has 0 aliphatic heterocycles. The summed E-state index contributed by atoms with van der Waals surface area (Å²) in [6, 6.07) is 3.51. The molecule has 2 aromatic heterocycles. The first kappa shape index (κ1) is 15.0. The number of rotatable bonds is 4.